The largest absolute Gasteiger partial charge is 0.494 e. The van der Waals surface area contributed by atoms with E-state index in [1.165, 1.54) is 0 Å². The van der Waals surface area contributed by atoms with Crippen LogP contribution in [-0.2, 0) is 0 Å². The van der Waals surface area contributed by atoms with Crippen LogP contribution in [0.1, 0.15) is 5.56 Å². The molecule has 0 amide bonds. The molecule has 0 aliphatic carbocycles. The lowest BCUT2D eigenvalue weighted by molar-refractivity contribution is 0.413. The van der Waals surface area contributed by atoms with Crippen LogP contribution in [0.25, 0.3) is 0 Å². The predicted octanol–water partition coefficient (Wildman–Crippen LogP) is 2.70. The summed E-state index contributed by atoms with van der Waals surface area (Å²) in [5.41, 5.74) is 1.96. The Morgan fingerprint density at radius 1 is 1.42 bits per heavy atom. The minimum atomic E-state index is 0.720. The first-order chi connectivity index (χ1) is 5.69. The van der Waals surface area contributed by atoms with Crippen molar-refractivity contribution in [3.63, 3.8) is 0 Å². The lowest BCUT2D eigenvalue weighted by Crippen LogP contribution is -1.95. The van der Waals surface area contributed by atoms with E-state index in [2.05, 4.69) is 5.32 Å². The Morgan fingerprint density at radius 2 is 2.08 bits per heavy atom. The molecule has 1 aromatic carbocycles. The number of hydrogen-bond acceptors (Lipinski definition) is 2. The van der Waals surface area contributed by atoms with Gasteiger partial charge < -0.3 is 10.1 Å². The highest BCUT2D eigenvalue weighted by Crippen LogP contribution is 2.31. The summed E-state index contributed by atoms with van der Waals surface area (Å²) in [7, 11) is 3.49. The van der Waals surface area contributed by atoms with Crippen LogP contribution in [0.15, 0.2) is 12.1 Å². The van der Waals surface area contributed by atoms with Gasteiger partial charge in [-0.3, -0.25) is 0 Å². The lowest BCUT2D eigenvalue weighted by atomic mass is 10.2. The summed E-state index contributed by atoms with van der Waals surface area (Å²) in [5, 5.41) is 3.74. The number of benzene rings is 1. The molecule has 3 heteroatoms. The molecule has 1 aromatic rings. The van der Waals surface area contributed by atoms with Crippen molar-refractivity contribution in [2.75, 3.05) is 19.5 Å². The van der Waals surface area contributed by atoms with Crippen LogP contribution >= 0.6 is 11.6 Å². The SMILES string of the molecule is CNc1cc(Cl)cc(C)c1OC. The number of rotatable bonds is 2. The second-order valence-corrected chi connectivity index (χ2v) is 2.99. The number of aryl methyl sites for hydroxylation is 1. The van der Waals surface area contributed by atoms with E-state index in [1.807, 2.05) is 26.1 Å². The van der Waals surface area contributed by atoms with Gasteiger partial charge >= 0.3 is 0 Å². The van der Waals surface area contributed by atoms with Gasteiger partial charge in [0.25, 0.3) is 0 Å². The van der Waals surface area contributed by atoms with E-state index >= 15 is 0 Å². The fourth-order valence-electron chi connectivity index (χ4n) is 1.19. The zero-order chi connectivity index (χ0) is 9.14. The van der Waals surface area contributed by atoms with E-state index in [0.29, 0.717) is 0 Å². The Bertz CT molecular complexity index is 286. The van der Waals surface area contributed by atoms with Crippen molar-refractivity contribution >= 4 is 17.3 Å². The highest BCUT2D eigenvalue weighted by Gasteiger charge is 2.05. The van der Waals surface area contributed by atoms with Gasteiger partial charge in [0.15, 0.2) is 0 Å². The predicted molar refractivity (Wildman–Crippen MR) is 52.3 cm³/mol. The first-order valence-electron chi connectivity index (χ1n) is 3.71. The Balaban J connectivity index is 3.24. The zero-order valence-electron chi connectivity index (χ0n) is 7.44. The molecule has 0 heterocycles. The second-order valence-electron chi connectivity index (χ2n) is 2.55. The van der Waals surface area contributed by atoms with Crippen molar-refractivity contribution in [1.29, 1.82) is 0 Å². The van der Waals surface area contributed by atoms with Crippen molar-refractivity contribution in [3.8, 4) is 5.75 Å². The molecule has 0 aromatic heterocycles. The summed E-state index contributed by atoms with van der Waals surface area (Å²) in [6, 6.07) is 3.72. The van der Waals surface area contributed by atoms with Crippen molar-refractivity contribution in [1.82, 2.24) is 0 Å². The van der Waals surface area contributed by atoms with Gasteiger partial charge in [-0.2, -0.15) is 0 Å². The fourth-order valence-corrected chi connectivity index (χ4v) is 1.46. The Hall–Kier alpha value is -0.890. The van der Waals surface area contributed by atoms with Crippen molar-refractivity contribution in [2.45, 2.75) is 6.92 Å². The fraction of sp³-hybridized carbons (Fsp3) is 0.333. The normalized spacial score (nSPS) is 9.67. The summed E-state index contributed by atoms with van der Waals surface area (Å²) in [5.74, 6) is 0.849. The van der Waals surface area contributed by atoms with Crippen LogP contribution in [-0.4, -0.2) is 14.2 Å². The van der Waals surface area contributed by atoms with Gasteiger partial charge in [0.1, 0.15) is 5.75 Å². The number of nitrogens with one attached hydrogen (secondary N) is 1. The molecule has 12 heavy (non-hydrogen) atoms. The Morgan fingerprint density at radius 3 is 2.58 bits per heavy atom. The lowest BCUT2D eigenvalue weighted by Gasteiger charge is -2.10. The molecule has 0 radical (unpaired) electrons. The molecule has 0 bridgehead atoms. The van der Waals surface area contributed by atoms with E-state index in [9.17, 15) is 0 Å². The van der Waals surface area contributed by atoms with Crippen molar-refractivity contribution < 1.29 is 4.74 Å². The minimum Gasteiger partial charge on any atom is -0.494 e. The average Bonchev–Trinajstić information content (AvgIpc) is 2.03. The van der Waals surface area contributed by atoms with Crippen molar-refractivity contribution in [2.24, 2.45) is 0 Å². The number of methoxy groups -OCH3 is 1. The van der Waals surface area contributed by atoms with Gasteiger partial charge in [0.2, 0.25) is 0 Å². The number of anilines is 1. The Labute approximate surface area is 77.5 Å². The van der Waals surface area contributed by atoms with Crippen LogP contribution in [0.4, 0.5) is 5.69 Å². The molecule has 66 valence electrons. The van der Waals surface area contributed by atoms with Gasteiger partial charge in [-0.25, -0.2) is 0 Å². The molecular weight excluding hydrogens is 174 g/mol. The van der Waals surface area contributed by atoms with E-state index in [0.717, 1.165) is 22.0 Å². The molecule has 2 nitrogen and oxygen atoms in total. The van der Waals surface area contributed by atoms with Gasteiger partial charge in [0, 0.05) is 12.1 Å². The highest BCUT2D eigenvalue weighted by atomic mass is 35.5. The summed E-state index contributed by atoms with van der Waals surface area (Å²) < 4.78 is 5.20. The van der Waals surface area contributed by atoms with Gasteiger partial charge in [-0.1, -0.05) is 11.6 Å². The molecule has 0 unspecified atom stereocenters. The van der Waals surface area contributed by atoms with Crippen LogP contribution in [0.5, 0.6) is 5.75 Å². The monoisotopic (exact) mass is 185 g/mol. The molecule has 0 saturated heterocycles. The summed E-state index contributed by atoms with van der Waals surface area (Å²) >= 11 is 5.86. The van der Waals surface area contributed by atoms with E-state index < -0.39 is 0 Å². The summed E-state index contributed by atoms with van der Waals surface area (Å²) in [4.78, 5) is 0. The highest BCUT2D eigenvalue weighted by molar-refractivity contribution is 6.31. The van der Waals surface area contributed by atoms with Gasteiger partial charge in [-0.05, 0) is 24.6 Å². The van der Waals surface area contributed by atoms with E-state index in [1.54, 1.807) is 7.11 Å². The molecule has 0 aliphatic heterocycles. The maximum Gasteiger partial charge on any atom is 0.144 e. The molecule has 0 saturated carbocycles. The van der Waals surface area contributed by atoms with Crippen LogP contribution < -0.4 is 10.1 Å². The van der Waals surface area contributed by atoms with Gasteiger partial charge in [0.05, 0.1) is 12.8 Å². The standard InChI is InChI=1S/C9H12ClNO/c1-6-4-7(10)5-8(11-2)9(6)12-3/h4-5,11H,1-3H3. The zero-order valence-corrected chi connectivity index (χ0v) is 8.20. The maximum atomic E-state index is 5.86. The molecule has 0 fully saturated rings. The summed E-state index contributed by atoms with van der Waals surface area (Å²) in [6.07, 6.45) is 0. The number of hydrogen-bond donors (Lipinski definition) is 1. The van der Waals surface area contributed by atoms with E-state index in [4.69, 9.17) is 16.3 Å². The Kier molecular flexibility index (Phi) is 2.82. The summed E-state index contributed by atoms with van der Waals surface area (Å²) in [6.45, 7) is 1.96. The molecule has 1 N–H and O–H groups in total. The quantitative estimate of drug-likeness (QED) is 0.765. The van der Waals surface area contributed by atoms with Gasteiger partial charge in [-0.15, -0.1) is 0 Å². The number of ether oxygens (including phenoxy) is 1. The van der Waals surface area contributed by atoms with Crippen LogP contribution in [0, 0.1) is 6.92 Å². The third-order valence-corrected chi connectivity index (χ3v) is 1.93. The minimum absolute atomic E-state index is 0.720. The molecule has 0 spiro atoms. The molecule has 0 atom stereocenters. The topological polar surface area (TPSA) is 21.3 Å². The maximum absolute atomic E-state index is 5.86. The molecule has 0 aliphatic rings. The van der Waals surface area contributed by atoms with Crippen LogP contribution in [0.2, 0.25) is 5.02 Å². The number of halogens is 1. The third kappa shape index (κ3) is 1.64. The third-order valence-electron chi connectivity index (χ3n) is 1.71. The molecule has 1 rings (SSSR count). The van der Waals surface area contributed by atoms with Crippen molar-refractivity contribution in [3.05, 3.63) is 22.7 Å². The first-order valence-corrected chi connectivity index (χ1v) is 4.08. The van der Waals surface area contributed by atoms with Crippen LogP contribution in [0.3, 0.4) is 0 Å². The second kappa shape index (κ2) is 3.68. The average molecular weight is 186 g/mol. The first kappa shape index (κ1) is 9.20. The van der Waals surface area contributed by atoms with E-state index in [-0.39, 0.29) is 0 Å². The molecular formula is C9H12ClNO. The smallest absolute Gasteiger partial charge is 0.144 e.